The van der Waals surface area contributed by atoms with Crippen molar-refractivity contribution >= 4 is 11.5 Å². The summed E-state index contributed by atoms with van der Waals surface area (Å²) in [6, 6.07) is 8.41. The van der Waals surface area contributed by atoms with Crippen molar-refractivity contribution in [3.8, 4) is 5.75 Å². The summed E-state index contributed by atoms with van der Waals surface area (Å²) in [7, 11) is 1.56. The van der Waals surface area contributed by atoms with Crippen LogP contribution in [-0.2, 0) is 11.3 Å². The number of anilines is 1. The average Bonchev–Trinajstić information content (AvgIpc) is 2.89. The third kappa shape index (κ3) is 2.83. The molecular formula is C15H17NO4. The second-order valence-corrected chi connectivity index (χ2v) is 4.19. The number of rotatable bonds is 6. The first-order valence-electron chi connectivity index (χ1n) is 6.31. The predicted octanol–water partition coefficient (Wildman–Crippen LogP) is 2.64. The van der Waals surface area contributed by atoms with Crippen molar-refractivity contribution in [3.05, 3.63) is 47.4 Å². The van der Waals surface area contributed by atoms with Crippen molar-refractivity contribution in [2.24, 2.45) is 0 Å². The van der Waals surface area contributed by atoms with Crippen LogP contribution in [-0.4, -0.2) is 19.5 Å². The summed E-state index contributed by atoms with van der Waals surface area (Å²) >= 11 is 0. The molecule has 0 aliphatic carbocycles. The van der Waals surface area contributed by atoms with E-state index in [1.165, 1.54) is 0 Å². The van der Waals surface area contributed by atoms with Gasteiger partial charge in [0.15, 0.2) is 11.5 Å². The van der Waals surface area contributed by atoms with E-state index in [0.29, 0.717) is 36.0 Å². The molecule has 0 saturated heterocycles. The van der Waals surface area contributed by atoms with Crippen molar-refractivity contribution in [3.63, 3.8) is 0 Å². The van der Waals surface area contributed by atoms with Crippen LogP contribution in [0.5, 0.6) is 5.75 Å². The van der Waals surface area contributed by atoms with Crippen molar-refractivity contribution < 1.29 is 18.7 Å². The summed E-state index contributed by atoms with van der Waals surface area (Å²) in [6.45, 7) is 2.59. The Bertz CT molecular complexity index is 604. The number of methoxy groups -OCH3 is 1. The molecule has 0 radical (unpaired) electrons. The van der Waals surface area contributed by atoms with Gasteiger partial charge in [0.25, 0.3) is 0 Å². The van der Waals surface area contributed by atoms with Gasteiger partial charge < -0.3 is 19.6 Å². The molecular weight excluding hydrogens is 258 g/mol. The molecule has 5 nitrogen and oxygen atoms in total. The Hall–Kier alpha value is -2.27. The lowest BCUT2D eigenvalue weighted by Crippen LogP contribution is -2.07. The molecule has 20 heavy (non-hydrogen) atoms. The molecule has 0 aliphatic heterocycles. The third-order valence-electron chi connectivity index (χ3n) is 2.75. The molecule has 0 bridgehead atoms. The maximum atomic E-state index is 12.4. The number of hydrogen-bond acceptors (Lipinski definition) is 5. The largest absolute Gasteiger partial charge is 0.491 e. The molecule has 0 fully saturated rings. The molecule has 1 aromatic heterocycles. The van der Waals surface area contributed by atoms with E-state index in [-0.39, 0.29) is 11.5 Å². The van der Waals surface area contributed by atoms with Gasteiger partial charge in [-0.05, 0) is 31.2 Å². The standard InChI is InChI=1S/C15H17NO4/c1-3-19-15-11(5-4-6-12(15)16)14(17)13-8-7-10(20-13)9-18-2/h4-8H,3,9,16H2,1-2H3. The highest BCUT2D eigenvalue weighted by Gasteiger charge is 2.19. The predicted molar refractivity (Wildman–Crippen MR) is 74.9 cm³/mol. The van der Waals surface area contributed by atoms with E-state index in [1.54, 1.807) is 37.4 Å². The van der Waals surface area contributed by atoms with Gasteiger partial charge in [-0.15, -0.1) is 0 Å². The van der Waals surface area contributed by atoms with Gasteiger partial charge in [0, 0.05) is 7.11 Å². The van der Waals surface area contributed by atoms with E-state index in [1.807, 2.05) is 6.92 Å². The summed E-state index contributed by atoms with van der Waals surface area (Å²) in [5, 5.41) is 0. The molecule has 2 N–H and O–H groups in total. The van der Waals surface area contributed by atoms with Gasteiger partial charge in [0.2, 0.25) is 5.78 Å². The first-order valence-corrected chi connectivity index (χ1v) is 6.31. The fraction of sp³-hybridized carbons (Fsp3) is 0.267. The molecule has 0 amide bonds. The Balaban J connectivity index is 2.34. The van der Waals surface area contributed by atoms with Crippen LogP contribution in [0.3, 0.4) is 0 Å². The highest BCUT2D eigenvalue weighted by atomic mass is 16.5. The van der Waals surface area contributed by atoms with Crippen LogP contribution in [0.15, 0.2) is 34.7 Å². The van der Waals surface area contributed by atoms with Crippen molar-refractivity contribution in [2.45, 2.75) is 13.5 Å². The van der Waals surface area contributed by atoms with Crippen molar-refractivity contribution in [1.82, 2.24) is 0 Å². The monoisotopic (exact) mass is 275 g/mol. The van der Waals surface area contributed by atoms with Gasteiger partial charge in [-0.1, -0.05) is 6.07 Å². The number of para-hydroxylation sites is 1. The number of hydrogen-bond donors (Lipinski definition) is 1. The zero-order chi connectivity index (χ0) is 14.5. The Morgan fingerprint density at radius 2 is 2.10 bits per heavy atom. The number of ketones is 1. The first kappa shape index (κ1) is 14.1. The Kier molecular flexibility index (Phi) is 4.42. The minimum atomic E-state index is -0.261. The molecule has 1 aromatic carbocycles. The Labute approximate surface area is 117 Å². The number of nitrogen functional groups attached to an aromatic ring is 1. The Morgan fingerprint density at radius 3 is 2.80 bits per heavy atom. The van der Waals surface area contributed by atoms with Crippen LogP contribution < -0.4 is 10.5 Å². The highest BCUT2D eigenvalue weighted by Crippen LogP contribution is 2.29. The second kappa shape index (κ2) is 6.25. The number of carbonyl (C=O) groups is 1. The van der Waals surface area contributed by atoms with Crippen LogP contribution in [0.1, 0.15) is 28.8 Å². The molecule has 0 saturated carbocycles. The molecule has 2 rings (SSSR count). The number of benzene rings is 1. The van der Waals surface area contributed by atoms with E-state index < -0.39 is 0 Å². The van der Waals surface area contributed by atoms with E-state index >= 15 is 0 Å². The van der Waals surface area contributed by atoms with Gasteiger partial charge in [-0.25, -0.2) is 0 Å². The van der Waals surface area contributed by atoms with Gasteiger partial charge in [-0.2, -0.15) is 0 Å². The quantitative estimate of drug-likeness (QED) is 0.648. The topological polar surface area (TPSA) is 74.7 Å². The van der Waals surface area contributed by atoms with Gasteiger partial charge in [0.1, 0.15) is 12.4 Å². The maximum absolute atomic E-state index is 12.4. The van der Waals surface area contributed by atoms with E-state index in [0.717, 1.165) is 0 Å². The summed E-state index contributed by atoms with van der Waals surface area (Å²) < 4.78 is 15.9. The van der Waals surface area contributed by atoms with E-state index in [2.05, 4.69) is 0 Å². The minimum Gasteiger partial charge on any atom is -0.491 e. The van der Waals surface area contributed by atoms with E-state index in [9.17, 15) is 4.79 Å². The van der Waals surface area contributed by atoms with Crippen molar-refractivity contribution in [1.29, 1.82) is 0 Å². The van der Waals surface area contributed by atoms with Gasteiger partial charge in [0.05, 0.1) is 17.9 Å². The molecule has 0 spiro atoms. The lowest BCUT2D eigenvalue weighted by atomic mass is 10.1. The molecule has 5 heteroatoms. The lowest BCUT2D eigenvalue weighted by Gasteiger charge is -2.10. The zero-order valence-corrected chi connectivity index (χ0v) is 11.5. The fourth-order valence-electron chi connectivity index (χ4n) is 1.89. The van der Waals surface area contributed by atoms with Crippen LogP contribution in [0.4, 0.5) is 5.69 Å². The fourth-order valence-corrected chi connectivity index (χ4v) is 1.89. The molecule has 0 atom stereocenters. The molecule has 0 aliphatic rings. The highest BCUT2D eigenvalue weighted by molar-refractivity contribution is 6.09. The Morgan fingerprint density at radius 1 is 1.30 bits per heavy atom. The molecule has 0 unspecified atom stereocenters. The van der Waals surface area contributed by atoms with Crippen LogP contribution in [0.2, 0.25) is 0 Å². The smallest absolute Gasteiger partial charge is 0.231 e. The number of nitrogens with two attached hydrogens (primary N) is 1. The van der Waals surface area contributed by atoms with Crippen LogP contribution >= 0.6 is 0 Å². The molecule has 1 heterocycles. The minimum absolute atomic E-state index is 0.239. The van der Waals surface area contributed by atoms with Crippen molar-refractivity contribution in [2.75, 3.05) is 19.5 Å². The van der Waals surface area contributed by atoms with E-state index in [4.69, 9.17) is 19.6 Å². The molecule has 106 valence electrons. The summed E-state index contributed by atoms with van der Waals surface area (Å²) in [5.74, 6) is 0.967. The number of ether oxygens (including phenoxy) is 2. The van der Waals surface area contributed by atoms with Gasteiger partial charge >= 0.3 is 0 Å². The number of furan rings is 1. The number of carbonyl (C=O) groups excluding carboxylic acids is 1. The average molecular weight is 275 g/mol. The second-order valence-electron chi connectivity index (χ2n) is 4.19. The summed E-state index contributed by atoms with van der Waals surface area (Å²) in [6.07, 6.45) is 0. The first-order chi connectivity index (χ1) is 9.67. The lowest BCUT2D eigenvalue weighted by molar-refractivity contribution is 0.0996. The normalized spacial score (nSPS) is 10.5. The SMILES string of the molecule is CCOc1c(N)cccc1C(=O)c1ccc(COC)o1. The third-order valence-corrected chi connectivity index (χ3v) is 2.75. The summed E-state index contributed by atoms with van der Waals surface area (Å²) in [5.41, 5.74) is 6.67. The van der Waals surface area contributed by atoms with Crippen LogP contribution in [0, 0.1) is 0 Å². The summed E-state index contributed by atoms with van der Waals surface area (Å²) in [4.78, 5) is 12.4. The van der Waals surface area contributed by atoms with Gasteiger partial charge in [-0.3, -0.25) is 4.79 Å². The zero-order valence-electron chi connectivity index (χ0n) is 11.5. The van der Waals surface area contributed by atoms with Crippen LogP contribution in [0.25, 0.3) is 0 Å². The maximum Gasteiger partial charge on any atom is 0.231 e. The molecule has 2 aromatic rings.